The molecule has 0 spiro atoms. The van der Waals surface area contributed by atoms with Gasteiger partial charge in [-0.3, -0.25) is 5.01 Å². The van der Waals surface area contributed by atoms with Gasteiger partial charge in [0.2, 0.25) is 0 Å². The van der Waals surface area contributed by atoms with Crippen LogP contribution in [0.2, 0.25) is 0 Å². The van der Waals surface area contributed by atoms with Crippen LogP contribution in [0.1, 0.15) is 13.3 Å². The fourth-order valence-corrected chi connectivity index (χ4v) is 2.43. The Morgan fingerprint density at radius 3 is 2.87 bits per heavy atom. The van der Waals surface area contributed by atoms with Gasteiger partial charge in [0.15, 0.2) is 0 Å². The third kappa shape index (κ3) is 1.29. The van der Waals surface area contributed by atoms with Gasteiger partial charge in [-0.15, -0.1) is 0 Å². The first-order valence-corrected chi connectivity index (χ1v) is 5.42. The van der Waals surface area contributed by atoms with Crippen LogP contribution in [-0.4, -0.2) is 11.8 Å². The lowest BCUT2D eigenvalue weighted by Gasteiger charge is -2.21. The second-order valence-corrected chi connectivity index (χ2v) is 4.18. The van der Waals surface area contributed by atoms with E-state index >= 15 is 0 Å². The second-order valence-electron chi connectivity index (χ2n) is 4.18. The van der Waals surface area contributed by atoms with E-state index in [1.54, 1.807) is 0 Å². The molecule has 1 aliphatic heterocycles. The fraction of sp³-hybridized carbons (Fsp3) is 0.308. The number of para-hydroxylation sites is 1. The molecule has 2 unspecified atom stereocenters. The van der Waals surface area contributed by atoms with Crippen LogP contribution in [0.4, 0.5) is 5.69 Å². The van der Waals surface area contributed by atoms with Gasteiger partial charge >= 0.3 is 0 Å². The molecule has 1 aliphatic carbocycles. The van der Waals surface area contributed by atoms with Gasteiger partial charge in [-0.05, 0) is 25.5 Å². The maximum Gasteiger partial charge on any atom is 0.0790 e. The summed E-state index contributed by atoms with van der Waals surface area (Å²) >= 11 is 0. The molecule has 0 N–H and O–H groups in total. The first kappa shape index (κ1) is 8.72. The number of anilines is 1. The highest BCUT2D eigenvalue weighted by Crippen LogP contribution is 2.34. The number of allylic oxidation sites excluding steroid dienone is 1. The standard InChI is InChI=1S/C13H14N2/c1-10-12-8-5-9-13(12)15(14-10)11-6-3-2-4-7-11/h2-7,9,12-13H,8H2,1H3. The van der Waals surface area contributed by atoms with E-state index in [4.69, 9.17) is 0 Å². The van der Waals surface area contributed by atoms with Crippen LogP contribution in [0.25, 0.3) is 0 Å². The lowest BCUT2D eigenvalue weighted by molar-refractivity contribution is 0.651. The largest absolute Gasteiger partial charge is 0.258 e. The van der Waals surface area contributed by atoms with Gasteiger partial charge in [0, 0.05) is 11.6 Å². The molecule has 0 aromatic heterocycles. The maximum absolute atomic E-state index is 4.64. The van der Waals surface area contributed by atoms with E-state index in [0.717, 1.165) is 6.42 Å². The van der Waals surface area contributed by atoms with Crippen molar-refractivity contribution in [1.29, 1.82) is 0 Å². The van der Waals surface area contributed by atoms with Gasteiger partial charge in [-0.25, -0.2) is 0 Å². The highest BCUT2D eigenvalue weighted by molar-refractivity contribution is 5.90. The van der Waals surface area contributed by atoms with E-state index in [1.165, 1.54) is 11.4 Å². The zero-order valence-corrected chi connectivity index (χ0v) is 8.80. The van der Waals surface area contributed by atoms with Gasteiger partial charge in [0.05, 0.1) is 11.7 Å². The van der Waals surface area contributed by atoms with Crippen molar-refractivity contribution in [1.82, 2.24) is 0 Å². The van der Waals surface area contributed by atoms with Gasteiger partial charge in [0.25, 0.3) is 0 Å². The summed E-state index contributed by atoms with van der Waals surface area (Å²) in [6, 6.07) is 10.8. The molecule has 3 rings (SSSR count). The van der Waals surface area contributed by atoms with E-state index in [0.29, 0.717) is 12.0 Å². The molecule has 0 fully saturated rings. The van der Waals surface area contributed by atoms with Gasteiger partial charge in [0.1, 0.15) is 0 Å². The van der Waals surface area contributed by atoms with Crippen molar-refractivity contribution in [3.63, 3.8) is 0 Å². The van der Waals surface area contributed by atoms with E-state index < -0.39 is 0 Å². The second kappa shape index (κ2) is 3.23. The van der Waals surface area contributed by atoms with Gasteiger partial charge < -0.3 is 0 Å². The van der Waals surface area contributed by atoms with Crippen molar-refractivity contribution < 1.29 is 0 Å². The third-order valence-electron chi connectivity index (χ3n) is 3.24. The molecular weight excluding hydrogens is 184 g/mol. The van der Waals surface area contributed by atoms with Crippen LogP contribution >= 0.6 is 0 Å². The minimum atomic E-state index is 0.451. The molecule has 2 aliphatic rings. The number of rotatable bonds is 1. The predicted octanol–water partition coefficient (Wildman–Crippen LogP) is 2.83. The Morgan fingerprint density at radius 1 is 1.27 bits per heavy atom. The summed E-state index contributed by atoms with van der Waals surface area (Å²) in [4.78, 5) is 0. The Bertz CT molecular complexity index is 419. The summed E-state index contributed by atoms with van der Waals surface area (Å²) in [7, 11) is 0. The number of hydrogen-bond acceptors (Lipinski definition) is 2. The molecule has 0 bridgehead atoms. The van der Waals surface area contributed by atoms with Crippen molar-refractivity contribution in [3.05, 3.63) is 42.5 Å². The number of hydrogen-bond donors (Lipinski definition) is 0. The third-order valence-corrected chi connectivity index (χ3v) is 3.24. The molecule has 2 nitrogen and oxygen atoms in total. The molecule has 0 amide bonds. The Balaban J connectivity index is 1.98. The lowest BCUT2D eigenvalue weighted by atomic mass is 9.99. The van der Waals surface area contributed by atoms with E-state index in [9.17, 15) is 0 Å². The zero-order valence-electron chi connectivity index (χ0n) is 8.80. The summed E-state index contributed by atoms with van der Waals surface area (Å²) in [6.07, 6.45) is 5.68. The van der Waals surface area contributed by atoms with Crippen molar-refractivity contribution in [3.8, 4) is 0 Å². The van der Waals surface area contributed by atoms with Crippen LogP contribution in [0.3, 0.4) is 0 Å². The molecule has 1 aromatic rings. The average molecular weight is 198 g/mol. The quantitative estimate of drug-likeness (QED) is 0.633. The van der Waals surface area contributed by atoms with Crippen molar-refractivity contribution in [2.24, 2.45) is 11.0 Å². The Morgan fingerprint density at radius 2 is 2.07 bits per heavy atom. The van der Waals surface area contributed by atoms with Gasteiger partial charge in [-0.2, -0.15) is 5.10 Å². The van der Waals surface area contributed by atoms with Crippen LogP contribution in [0.15, 0.2) is 47.6 Å². The smallest absolute Gasteiger partial charge is 0.0790 e. The molecule has 0 saturated carbocycles. The monoisotopic (exact) mass is 198 g/mol. The van der Waals surface area contributed by atoms with Crippen molar-refractivity contribution >= 4 is 11.4 Å². The van der Waals surface area contributed by atoms with Crippen molar-refractivity contribution in [2.75, 3.05) is 5.01 Å². The highest BCUT2D eigenvalue weighted by atomic mass is 15.5. The molecule has 0 radical (unpaired) electrons. The number of hydrazone groups is 1. The number of benzene rings is 1. The summed E-state index contributed by atoms with van der Waals surface area (Å²) in [5.41, 5.74) is 2.45. The zero-order chi connectivity index (χ0) is 10.3. The molecule has 15 heavy (non-hydrogen) atoms. The normalized spacial score (nSPS) is 28.1. The van der Waals surface area contributed by atoms with E-state index in [1.807, 2.05) is 6.07 Å². The molecule has 2 heteroatoms. The van der Waals surface area contributed by atoms with Crippen LogP contribution < -0.4 is 5.01 Å². The Kier molecular flexibility index (Phi) is 1.88. The lowest BCUT2D eigenvalue weighted by Crippen LogP contribution is -2.28. The Labute approximate surface area is 89.9 Å². The highest BCUT2D eigenvalue weighted by Gasteiger charge is 2.35. The molecule has 1 aromatic carbocycles. The van der Waals surface area contributed by atoms with Crippen LogP contribution in [0.5, 0.6) is 0 Å². The molecule has 2 atom stereocenters. The van der Waals surface area contributed by atoms with Crippen molar-refractivity contribution in [2.45, 2.75) is 19.4 Å². The maximum atomic E-state index is 4.64. The molecule has 1 heterocycles. The average Bonchev–Trinajstić information content (AvgIpc) is 2.84. The molecular formula is C13H14N2. The SMILES string of the molecule is CC1=NN(c2ccccc2)C2C=CCC12. The van der Waals surface area contributed by atoms with Crippen LogP contribution in [0, 0.1) is 5.92 Å². The summed E-state index contributed by atoms with van der Waals surface area (Å²) in [5, 5.41) is 6.78. The topological polar surface area (TPSA) is 15.6 Å². The summed E-state index contributed by atoms with van der Waals surface area (Å²) in [5.74, 6) is 0.602. The molecule has 76 valence electrons. The first-order chi connectivity index (χ1) is 7.36. The van der Waals surface area contributed by atoms with E-state index in [-0.39, 0.29) is 0 Å². The first-order valence-electron chi connectivity index (χ1n) is 5.42. The number of nitrogens with zero attached hydrogens (tertiary/aromatic N) is 2. The minimum Gasteiger partial charge on any atom is -0.258 e. The minimum absolute atomic E-state index is 0.451. The molecule has 0 saturated heterocycles. The van der Waals surface area contributed by atoms with E-state index in [2.05, 4.69) is 53.5 Å². The fourth-order valence-electron chi connectivity index (χ4n) is 2.43. The predicted molar refractivity (Wildman–Crippen MR) is 63.1 cm³/mol. The number of fused-ring (bicyclic) bond motifs is 1. The van der Waals surface area contributed by atoms with Gasteiger partial charge in [-0.1, -0.05) is 30.4 Å². The Hall–Kier alpha value is -1.57. The summed E-state index contributed by atoms with van der Waals surface area (Å²) in [6.45, 7) is 2.13. The van der Waals surface area contributed by atoms with Crippen LogP contribution in [-0.2, 0) is 0 Å². The summed E-state index contributed by atoms with van der Waals surface area (Å²) < 4.78 is 0.